The minimum atomic E-state index is -0.491. The average Bonchev–Trinajstić information content (AvgIpc) is 2.96. The van der Waals surface area contributed by atoms with E-state index in [1.807, 2.05) is 73.6 Å². The SMILES string of the molecule is CN(C)c1ccc(/C=C(\NC(=O)c2ccccc2)C(=O)Nc2ccc(C(=O)/C=C/c3cccc(Br)c3)cc2)cc1. The van der Waals surface area contributed by atoms with Gasteiger partial charge in [-0.2, -0.15) is 0 Å². The van der Waals surface area contributed by atoms with Crippen LogP contribution >= 0.6 is 15.9 Å². The zero-order valence-electron chi connectivity index (χ0n) is 22.1. The molecule has 0 aromatic heterocycles. The van der Waals surface area contributed by atoms with E-state index in [1.54, 1.807) is 60.7 Å². The van der Waals surface area contributed by atoms with Gasteiger partial charge in [-0.15, -0.1) is 0 Å². The molecule has 0 radical (unpaired) electrons. The molecule has 2 amide bonds. The summed E-state index contributed by atoms with van der Waals surface area (Å²) in [5.41, 5.74) is 4.16. The van der Waals surface area contributed by atoms with Crippen molar-refractivity contribution in [2.75, 3.05) is 24.3 Å². The van der Waals surface area contributed by atoms with Gasteiger partial charge in [-0.05, 0) is 83.9 Å². The summed E-state index contributed by atoms with van der Waals surface area (Å²) in [6.45, 7) is 0. The Morgan fingerprint density at radius 1 is 0.750 bits per heavy atom. The van der Waals surface area contributed by atoms with Gasteiger partial charge in [0.25, 0.3) is 11.8 Å². The third kappa shape index (κ3) is 7.88. The van der Waals surface area contributed by atoms with Gasteiger partial charge in [0, 0.05) is 41.1 Å². The Balaban J connectivity index is 1.50. The summed E-state index contributed by atoms with van der Waals surface area (Å²) in [7, 11) is 3.89. The van der Waals surface area contributed by atoms with E-state index in [9.17, 15) is 14.4 Å². The molecule has 0 saturated carbocycles. The second kappa shape index (κ2) is 13.4. The van der Waals surface area contributed by atoms with Crippen molar-refractivity contribution in [3.63, 3.8) is 0 Å². The lowest BCUT2D eigenvalue weighted by atomic mass is 10.1. The minimum Gasteiger partial charge on any atom is -0.378 e. The van der Waals surface area contributed by atoms with Crippen molar-refractivity contribution in [2.45, 2.75) is 0 Å². The summed E-state index contributed by atoms with van der Waals surface area (Å²) in [4.78, 5) is 40.7. The highest BCUT2D eigenvalue weighted by atomic mass is 79.9. The van der Waals surface area contributed by atoms with E-state index < -0.39 is 11.8 Å². The number of carbonyl (C=O) groups excluding carboxylic acids is 3. The van der Waals surface area contributed by atoms with Crippen molar-refractivity contribution < 1.29 is 14.4 Å². The van der Waals surface area contributed by atoms with Gasteiger partial charge in [0.2, 0.25) is 0 Å². The summed E-state index contributed by atoms with van der Waals surface area (Å²) in [6.07, 6.45) is 4.89. The first-order valence-corrected chi connectivity index (χ1v) is 13.3. The first-order valence-electron chi connectivity index (χ1n) is 12.5. The summed E-state index contributed by atoms with van der Waals surface area (Å²) in [5.74, 6) is -1.05. The molecular formula is C33H28BrN3O3. The fraction of sp³-hybridized carbons (Fsp3) is 0.0606. The Labute approximate surface area is 242 Å². The number of hydrogen-bond donors (Lipinski definition) is 2. The first-order chi connectivity index (χ1) is 19.3. The van der Waals surface area contributed by atoms with Gasteiger partial charge < -0.3 is 15.5 Å². The molecule has 0 spiro atoms. The van der Waals surface area contributed by atoms with Crippen LogP contribution in [0.15, 0.2) is 119 Å². The summed E-state index contributed by atoms with van der Waals surface area (Å²) < 4.78 is 0.932. The predicted octanol–water partition coefficient (Wildman–Crippen LogP) is 6.82. The molecule has 0 bridgehead atoms. The number of ketones is 1. The molecule has 6 nitrogen and oxygen atoms in total. The van der Waals surface area contributed by atoms with Crippen molar-refractivity contribution >= 4 is 57.1 Å². The highest BCUT2D eigenvalue weighted by molar-refractivity contribution is 9.10. The fourth-order valence-electron chi connectivity index (χ4n) is 3.77. The summed E-state index contributed by atoms with van der Waals surface area (Å²) >= 11 is 3.42. The summed E-state index contributed by atoms with van der Waals surface area (Å²) in [6, 6.07) is 30.5. The Kier molecular flexibility index (Phi) is 9.44. The van der Waals surface area contributed by atoms with Gasteiger partial charge in [0.15, 0.2) is 5.78 Å². The van der Waals surface area contributed by atoms with Gasteiger partial charge in [-0.1, -0.05) is 64.5 Å². The molecule has 0 aliphatic rings. The van der Waals surface area contributed by atoms with Crippen LogP contribution in [0.4, 0.5) is 11.4 Å². The molecule has 0 aliphatic heterocycles. The van der Waals surface area contributed by atoms with E-state index in [2.05, 4.69) is 26.6 Å². The number of amides is 2. The number of hydrogen-bond acceptors (Lipinski definition) is 4. The van der Waals surface area contributed by atoms with Crippen LogP contribution in [-0.4, -0.2) is 31.7 Å². The third-order valence-electron chi connectivity index (χ3n) is 5.95. The Bertz CT molecular complexity index is 1560. The summed E-state index contributed by atoms with van der Waals surface area (Å²) in [5, 5.41) is 5.55. The molecule has 4 aromatic carbocycles. The van der Waals surface area contributed by atoms with E-state index in [0.29, 0.717) is 16.8 Å². The Morgan fingerprint density at radius 3 is 2.10 bits per heavy atom. The predicted molar refractivity (Wildman–Crippen MR) is 165 cm³/mol. The topological polar surface area (TPSA) is 78.5 Å². The van der Waals surface area contributed by atoms with Gasteiger partial charge in [0.05, 0.1) is 0 Å². The van der Waals surface area contributed by atoms with Crippen LogP contribution in [0.2, 0.25) is 0 Å². The van der Waals surface area contributed by atoms with Crippen LogP contribution in [0, 0.1) is 0 Å². The number of benzene rings is 4. The van der Waals surface area contributed by atoms with E-state index in [4.69, 9.17) is 0 Å². The largest absolute Gasteiger partial charge is 0.378 e. The van der Waals surface area contributed by atoms with Crippen molar-refractivity contribution in [1.29, 1.82) is 0 Å². The Morgan fingerprint density at radius 2 is 1.45 bits per heavy atom. The smallest absolute Gasteiger partial charge is 0.272 e. The molecule has 2 N–H and O–H groups in total. The number of rotatable bonds is 9. The van der Waals surface area contributed by atoms with E-state index in [1.165, 1.54) is 6.08 Å². The van der Waals surface area contributed by atoms with Crippen LogP contribution in [0.1, 0.15) is 31.8 Å². The monoisotopic (exact) mass is 593 g/mol. The van der Waals surface area contributed by atoms with E-state index in [0.717, 1.165) is 21.3 Å². The van der Waals surface area contributed by atoms with E-state index in [-0.39, 0.29) is 11.5 Å². The molecule has 0 fully saturated rings. The third-order valence-corrected chi connectivity index (χ3v) is 6.45. The number of anilines is 2. The number of nitrogens with one attached hydrogen (secondary N) is 2. The number of halogens is 1. The highest BCUT2D eigenvalue weighted by Gasteiger charge is 2.15. The molecular weight excluding hydrogens is 566 g/mol. The van der Waals surface area contributed by atoms with E-state index >= 15 is 0 Å². The van der Waals surface area contributed by atoms with Gasteiger partial charge in [-0.25, -0.2) is 0 Å². The maximum absolute atomic E-state index is 13.3. The number of allylic oxidation sites excluding steroid dienone is 1. The zero-order chi connectivity index (χ0) is 28.5. The lowest BCUT2D eigenvalue weighted by Gasteiger charge is -2.13. The molecule has 40 heavy (non-hydrogen) atoms. The van der Waals surface area contributed by atoms with Crippen LogP contribution < -0.4 is 15.5 Å². The molecule has 4 rings (SSSR count). The van der Waals surface area contributed by atoms with Crippen molar-refractivity contribution in [1.82, 2.24) is 5.32 Å². The molecule has 0 aliphatic carbocycles. The van der Waals surface area contributed by atoms with Crippen molar-refractivity contribution in [3.05, 3.63) is 142 Å². The maximum atomic E-state index is 13.3. The van der Waals surface area contributed by atoms with Crippen LogP contribution in [-0.2, 0) is 4.79 Å². The van der Waals surface area contributed by atoms with Gasteiger partial charge in [-0.3, -0.25) is 14.4 Å². The Hall–Kier alpha value is -4.75. The molecule has 7 heteroatoms. The van der Waals surface area contributed by atoms with Gasteiger partial charge in [0.1, 0.15) is 5.70 Å². The normalized spacial score (nSPS) is 11.2. The fourth-order valence-corrected chi connectivity index (χ4v) is 4.19. The maximum Gasteiger partial charge on any atom is 0.272 e. The van der Waals surface area contributed by atoms with Crippen LogP contribution in [0.5, 0.6) is 0 Å². The van der Waals surface area contributed by atoms with Crippen LogP contribution in [0.25, 0.3) is 12.2 Å². The van der Waals surface area contributed by atoms with Crippen molar-refractivity contribution in [3.8, 4) is 0 Å². The number of nitrogens with zero attached hydrogens (tertiary/aromatic N) is 1. The first kappa shape index (κ1) is 28.3. The minimum absolute atomic E-state index is 0.0866. The zero-order valence-corrected chi connectivity index (χ0v) is 23.7. The molecule has 0 atom stereocenters. The second-order valence-corrected chi connectivity index (χ2v) is 10.1. The molecule has 0 unspecified atom stereocenters. The lowest BCUT2D eigenvalue weighted by Crippen LogP contribution is -2.30. The second-order valence-electron chi connectivity index (χ2n) is 9.15. The molecule has 200 valence electrons. The average molecular weight is 595 g/mol. The standard InChI is InChI=1S/C33H28BrN3O3/c1-37(2)29-18-11-24(12-19-29)22-30(36-32(39)26-8-4-3-5-9-26)33(40)35-28-16-14-25(15-17-28)31(38)20-13-23-7-6-10-27(34)21-23/h3-22H,1-2H3,(H,35,40)(H,36,39)/b20-13+,30-22-. The quantitative estimate of drug-likeness (QED) is 0.165. The van der Waals surface area contributed by atoms with Crippen LogP contribution in [0.3, 0.4) is 0 Å². The molecule has 0 saturated heterocycles. The molecule has 0 heterocycles. The van der Waals surface area contributed by atoms with Gasteiger partial charge >= 0.3 is 0 Å². The highest BCUT2D eigenvalue weighted by Crippen LogP contribution is 2.17. The van der Waals surface area contributed by atoms with Crippen molar-refractivity contribution in [2.24, 2.45) is 0 Å². The number of carbonyl (C=O) groups is 3. The lowest BCUT2D eigenvalue weighted by molar-refractivity contribution is -0.113. The molecule has 4 aromatic rings.